The summed E-state index contributed by atoms with van der Waals surface area (Å²) in [7, 11) is 1.34. The van der Waals surface area contributed by atoms with Gasteiger partial charge in [0.2, 0.25) is 0 Å². The maximum absolute atomic E-state index is 12.9. The molecular formula is C17H12N4O6. The van der Waals surface area contributed by atoms with Crippen molar-refractivity contribution in [2.45, 2.75) is 0 Å². The van der Waals surface area contributed by atoms with Crippen LogP contribution in [0.3, 0.4) is 0 Å². The van der Waals surface area contributed by atoms with Gasteiger partial charge in [-0.3, -0.25) is 24.5 Å². The molecule has 0 atom stereocenters. The highest BCUT2D eigenvalue weighted by Crippen LogP contribution is 2.34. The highest BCUT2D eigenvalue weighted by atomic mass is 16.6. The van der Waals surface area contributed by atoms with E-state index in [9.17, 15) is 29.3 Å². The lowest BCUT2D eigenvalue weighted by atomic mass is 9.93. The van der Waals surface area contributed by atoms with Gasteiger partial charge >= 0.3 is 6.03 Å². The van der Waals surface area contributed by atoms with Crippen LogP contribution in [0.1, 0.15) is 20.7 Å². The molecule has 0 fully saturated rings. The lowest BCUT2D eigenvalue weighted by Gasteiger charge is -2.26. The first-order valence-corrected chi connectivity index (χ1v) is 7.62. The van der Waals surface area contributed by atoms with E-state index in [1.165, 1.54) is 25.2 Å². The van der Waals surface area contributed by atoms with Gasteiger partial charge in [0, 0.05) is 36.3 Å². The van der Waals surface area contributed by atoms with Crippen molar-refractivity contribution in [1.82, 2.24) is 15.5 Å². The Bertz CT molecular complexity index is 1060. The molecule has 2 aromatic carbocycles. The second kappa shape index (κ2) is 6.67. The van der Waals surface area contributed by atoms with Gasteiger partial charge in [-0.1, -0.05) is 12.1 Å². The van der Waals surface area contributed by atoms with Crippen molar-refractivity contribution in [2.75, 3.05) is 7.05 Å². The summed E-state index contributed by atoms with van der Waals surface area (Å²) in [6.07, 6.45) is 1.14. The molecule has 0 saturated carbocycles. The summed E-state index contributed by atoms with van der Waals surface area (Å²) in [5, 5.41) is 16.2. The molecule has 0 aliphatic carbocycles. The van der Waals surface area contributed by atoms with E-state index in [1.54, 1.807) is 6.07 Å². The zero-order valence-corrected chi connectivity index (χ0v) is 13.9. The first-order valence-electron chi connectivity index (χ1n) is 7.62. The summed E-state index contributed by atoms with van der Waals surface area (Å²) in [6.45, 7) is 0. The number of hydrogen-bond acceptors (Lipinski definition) is 6. The van der Waals surface area contributed by atoms with Crippen LogP contribution in [0.15, 0.2) is 42.2 Å². The first-order chi connectivity index (χ1) is 12.9. The molecule has 2 N–H and O–H groups in total. The second-order valence-electron chi connectivity index (χ2n) is 5.51. The zero-order valence-electron chi connectivity index (χ0n) is 13.9. The quantitative estimate of drug-likeness (QED) is 0.274. The average Bonchev–Trinajstić information content (AvgIpc) is 2.67. The Balaban J connectivity index is 2.20. The van der Waals surface area contributed by atoms with Gasteiger partial charge in [-0.05, 0) is 11.5 Å². The number of nitro benzene ring substituents is 1. The van der Waals surface area contributed by atoms with E-state index in [0.717, 1.165) is 12.3 Å². The average molecular weight is 368 g/mol. The van der Waals surface area contributed by atoms with Crippen LogP contribution in [0.5, 0.6) is 0 Å². The van der Waals surface area contributed by atoms with E-state index in [0.29, 0.717) is 10.3 Å². The smallest absolute Gasteiger partial charge is 0.318 e. The van der Waals surface area contributed by atoms with Crippen LogP contribution >= 0.6 is 0 Å². The summed E-state index contributed by atoms with van der Waals surface area (Å²) in [6, 6.07) is 6.18. The van der Waals surface area contributed by atoms with E-state index in [-0.39, 0.29) is 28.5 Å². The van der Waals surface area contributed by atoms with Crippen LogP contribution in [0, 0.1) is 10.1 Å². The van der Waals surface area contributed by atoms with Crippen molar-refractivity contribution >= 4 is 40.6 Å². The molecule has 0 bridgehead atoms. The second-order valence-corrected chi connectivity index (χ2v) is 5.51. The minimum atomic E-state index is -0.899. The molecule has 2 aromatic rings. The largest absolute Gasteiger partial charge is 0.341 e. The molecule has 1 aliphatic rings. The molecule has 3 rings (SSSR count). The summed E-state index contributed by atoms with van der Waals surface area (Å²) in [5.74, 6) is -1.67. The van der Waals surface area contributed by atoms with Crippen LogP contribution < -0.4 is 10.6 Å². The predicted octanol–water partition coefficient (Wildman–Crippen LogP) is 1.31. The molecule has 0 spiro atoms. The molecule has 0 unspecified atom stereocenters. The van der Waals surface area contributed by atoms with Crippen molar-refractivity contribution in [1.29, 1.82) is 0 Å². The number of hydrogen-bond donors (Lipinski definition) is 2. The maximum Gasteiger partial charge on any atom is 0.318 e. The van der Waals surface area contributed by atoms with Gasteiger partial charge < -0.3 is 10.6 Å². The van der Waals surface area contributed by atoms with E-state index in [1.807, 2.05) is 0 Å². The number of allylic oxidation sites excluding steroid dienone is 1. The molecule has 0 saturated heterocycles. The van der Waals surface area contributed by atoms with E-state index in [4.69, 9.17) is 0 Å². The maximum atomic E-state index is 12.9. The van der Waals surface area contributed by atoms with Crippen LogP contribution in [0.25, 0.3) is 10.8 Å². The Labute approximate surface area is 151 Å². The number of benzene rings is 2. The molecule has 4 amide bonds. The van der Waals surface area contributed by atoms with Crippen molar-refractivity contribution in [3.8, 4) is 0 Å². The van der Waals surface area contributed by atoms with E-state index >= 15 is 0 Å². The van der Waals surface area contributed by atoms with Crippen molar-refractivity contribution < 1.29 is 24.1 Å². The third-order valence-electron chi connectivity index (χ3n) is 4.00. The minimum absolute atomic E-state index is 0.0814. The number of carbonyl (C=O) groups excluding carboxylic acids is 4. The van der Waals surface area contributed by atoms with Gasteiger partial charge in [-0.25, -0.2) is 9.69 Å². The van der Waals surface area contributed by atoms with Gasteiger partial charge in [0.25, 0.3) is 17.5 Å². The predicted molar refractivity (Wildman–Crippen MR) is 92.8 cm³/mol. The fraction of sp³-hybridized carbons (Fsp3) is 0.0588. The number of urea groups is 1. The summed E-state index contributed by atoms with van der Waals surface area (Å²) in [5.41, 5.74) is -0.702. The fourth-order valence-corrected chi connectivity index (χ4v) is 2.79. The number of non-ortho nitro benzene ring substituents is 1. The molecule has 1 aliphatic heterocycles. The van der Waals surface area contributed by atoms with E-state index < -0.39 is 28.5 Å². The lowest BCUT2D eigenvalue weighted by molar-refractivity contribution is -0.384. The number of rotatable bonds is 4. The highest BCUT2D eigenvalue weighted by Gasteiger charge is 2.36. The molecule has 0 aromatic heterocycles. The molecule has 1 heterocycles. The number of carbonyl (C=O) groups is 4. The molecule has 136 valence electrons. The highest BCUT2D eigenvalue weighted by molar-refractivity contribution is 6.27. The van der Waals surface area contributed by atoms with Gasteiger partial charge in [0.1, 0.15) is 5.70 Å². The van der Waals surface area contributed by atoms with Crippen molar-refractivity contribution in [3.05, 3.63) is 63.5 Å². The zero-order chi connectivity index (χ0) is 19.7. The van der Waals surface area contributed by atoms with Crippen LogP contribution in [-0.4, -0.2) is 41.0 Å². The Kier molecular flexibility index (Phi) is 4.38. The summed E-state index contributed by atoms with van der Waals surface area (Å²) >= 11 is 0. The Morgan fingerprint density at radius 2 is 1.89 bits per heavy atom. The van der Waals surface area contributed by atoms with Gasteiger partial charge in [0.05, 0.1) is 10.5 Å². The number of imide groups is 1. The number of nitrogens with zero attached hydrogens (tertiary/aromatic N) is 2. The number of aldehydes is 1. The minimum Gasteiger partial charge on any atom is -0.341 e. The van der Waals surface area contributed by atoms with Gasteiger partial charge in [-0.2, -0.15) is 0 Å². The van der Waals surface area contributed by atoms with Crippen LogP contribution in [-0.2, 0) is 4.79 Å². The molecule has 27 heavy (non-hydrogen) atoms. The topological polar surface area (TPSA) is 139 Å². The monoisotopic (exact) mass is 368 g/mol. The van der Waals surface area contributed by atoms with Crippen LogP contribution in [0.4, 0.5) is 10.5 Å². The molecule has 0 radical (unpaired) electrons. The third-order valence-corrected chi connectivity index (χ3v) is 4.00. The molecule has 10 nitrogen and oxygen atoms in total. The Morgan fingerprint density at radius 1 is 1.19 bits per heavy atom. The molecule has 10 heteroatoms. The van der Waals surface area contributed by atoms with Crippen LogP contribution in [0.2, 0.25) is 0 Å². The van der Waals surface area contributed by atoms with Gasteiger partial charge in [-0.15, -0.1) is 0 Å². The third kappa shape index (κ3) is 2.88. The summed E-state index contributed by atoms with van der Waals surface area (Å²) in [4.78, 5) is 59.5. The Hall–Kier alpha value is -4.08. The normalized spacial score (nSPS) is 13.5. The van der Waals surface area contributed by atoms with Crippen molar-refractivity contribution in [3.63, 3.8) is 0 Å². The number of nitro groups is 1. The SMILES string of the molecule is CNC(=O)N/C=C(\C=O)N1C(=O)c2cccc3cc([N+](=O)[O-])cc(c23)C1=O. The molecular weight excluding hydrogens is 356 g/mol. The number of nitrogens with one attached hydrogen (secondary N) is 2. The fourth-order valence-electron chi connectivity index (χ4n) is 2.79. The van der Waals surface area contributed by atoms with Gasteiger partial charge in [0.15, 0.2) is 6.29 Å². The summed E-state index contributed by atoms with van der Waals surface area (Å²) < 4.78 is 0. The standard InChI is InChI=1S/C17H12N4O6/c1-18-17(25)19-7-11(8-22)20-15(23)12-4-2-3-9-5-10(21(26)27)6-13(14(9)12)16(20)24/h2-8H,1H3,(H2,18,19,25)/b11-7+. The first kappa shape index (κ1) is 17.7. The number of amides is 4. The lowest BCUT2D eigenvalue weighted by Crippen LogP contribution is -2.41. The Morgan fingerprint density at radius 3 is 2.52 bits per heavy atom. The van der Waals surface area contributed by atoms with Crippen molar-refractivity contribution in [2.24, 2.45) is 0 Å². The van der Waals surface area contributed by atoms with E-state index in [2.05, 4.69) is 10.6 Å².